The Kier molecular flexibility index (Phi) is 2.61. The van der Waals surface area contributed by atoms with Crippen molar-refractivity contribution in [2.24, 2.45) is 11.8 Å². The lowest BCUT2D eigenvalue weighted by Crippen LogP contribution is -2.34. The molecule has 2 heteroatoms. The van der Waals surface area contributed by atoms with Gasteiger partial charge in [0.25, 0.3) is 0 Å². The zero-order valence-corrected chi connectivity index (χ0v) is 8.71. The third-order valence-electron chi connectivity index (χ3n) is 3.66. The van der Waals surface area contributed by atoms with Gasteiger partial charge in [-0.25, -0.2) is 0 Å². The van der Waals surface area contributed by atoms with Gasteiger partial charge in [-0.05, 0) is 18.8 Å². The molecule has 0 aromatic rings. The molecule has 2 nitrogen and oxygen atoms in total. The second kappa shape index (κ2) is 3.58. The highest BCUT2D eigenvalue weighted by Crippen LogP contribution is 2.47. The van der Waals surface area contributed by atoms with Crippen molar-refractivity contribution in [2.75, 3.05) is 13.2 Å². The predicted molar refractivity (Wildman–Crippen MR) is 51.4 cm³/mol. The van der Waals surface area contributed by atoms with Crippen LogP contribution in [0.4, 0.5) is 0 Å². The Bertz CT molecular complexity index is 173. The molecule has 2 unspecified atom stereocenters. The molecule has 1 heterocycles. The molecule has 2 fully saturated rings. The first-order valence-electron chi connectivity index (χ1n) is 5.58. The quantitative estimate of drug-likeness (QED) is 0.656. The minimum absolute atomic E-state index is 0.171. The molecule has 13 heavy (non-hydrogen) atoms. The van der Waals surface area contributed by atoms with Crippen LogP contribution >= 0.6 is 0 Å². The highest BCUT2D eigenvalue weighted by molar-refractivity contribution is 4.92. The van der Waals surface area contributed by atoms with Gasteiger partial charge in [-0.3, -0.25) is 0 Å². The van der Waals surface area contributed by atoms with Crippen molar-refractivity contribution < 1.29 is 9.47 Å². The average Bonchev–Trinajstić information content (AvgIpc) is 2.74. The van der Waals surface area contributed by atoms with Crippen molar-refractivity contribution in [3.05, 3.63) is 0 Å². The normalized spacial score (nSPS) is 37.4. The van der Waals surface area contributed by atoms with Crippen LogP contribution in [0.3, 0.4) is 0 Å². The van der Waals surface area contributed by atoms with Gasteiger partial charge < -0.3 is 9.47 Å². The number of rotatable bonds is 2. The van der Waals surface area contributed by atoms with Crippen molar-refractivity contribution in [3.63, 3.8) is 0 Å². The fourth-order valence-electron chi connectivity index (χ4n) is 2.85. The molecular formula is C11H20O2. The first-order valence-corrected chi connectivity index (χ1v) is 5.58. The molecule has 76 valence electrons. The summed E-state index contributed by atoms with van der Waals surface area (Å²) in [6.45, 7) is 6.11. The summed E-state index contributed by atoms with van der Waals surface area (Å²) in [7, 11) is 0. The van der Waals surface area contributed by atoms with Crippen molar-refractivity contribution in [2.45, 2.75) is 45.3 Å². The Morgan fingerprint density at radius 2 is 1.85 bits per heavy atom. The number of hydrogen-bond donors (Lipinski definition) is 0. The third kappa shape index (κ3) is 1.50. The van der Waals surface area contributed by atoms with Gasteiger partial charge >= 0.3 is 0 Å². The molecule has 0 bridgehead atoms. The van der Waals surface area contributed by atoms with Crippen LogP contribution in [0.15, 0.2) is 0 Å². The minimum Gasteiger partial charge on any atom is -0.347 e. The minimum atomic E-state index is -0.171. The van der Waals surface area contributed by atoms with Gasteiger partial charge in [-0.2, -0.15) is 0 Å². The van der Waals surface area contributed by atoms with E-state index in [2.05, 4.69) is 13.8 Å². The average molecular weight is 184 g/mol. The van der Waals surface area contributed by atoms with Crippen molar-refractivity contribution in [3.8, 4) is 0 Å². The van der Waals surface area contributed by atoms with Crippen LogP contribution in [0.2, 0.25) is 0 Å². The highest BCUT2D eigenvalue weighted by atomic mass is 16.7. The molecule has 2 atom stereocenters. The van der Waals surface area contributed by atoms with Crippen LogP contribution < -0.4 is 0 Å². The van der Waals surface area contributed by atoms with E-state index >= 15 is 0 Å². The zero-order chi connectivity index (χ0) is 9.31. The maximum Gasteiger partial charge on any atom is 0.171 e. The molecule has 1 saturated carbocycles. The van der Waals surface area contributed by atoms with Gasteiger partial charge in [0.1, 0.15) is 0 Å². The van der Waals surface area contributed by atoms with Crippen LogP contribution in [0.1, 0.15) is 39.5 Å². The Balaban J connectivity index is 2.08. The second-order valence-electron chi connectivity index (χ2n) is 4.33. The van der Waals surface area contributed by atoms with Crippen LogP contribution in [0, 0.1) is 11.8 Å². The first kappa shape index (κ1) is 9.47. The lowest BCUT2D eigenvalue weighted by Gasteiger charge is -2.28. The lowest BCUT2D eigenvalue weighted by atomic mass is 9.99. The van der Waals surface area contributed by atoms with E-state index in [0.29, 0.717) is 5.92 Å². The van der Waals surface area contributed by atoms with E-state index in [9.17, 15) is 0 Å². The summed E-state index contributed by atoms with van der Waals surface area (Å²) in [4.78, 5) is 0. The SMILES string of the molecule is CCC1CC(CC)C2(C1)OCCO2. The van der Waals surface area contributed by atoms with Crippen molar-refractivity contribution in [1.29, 1.82) is 0 Å². The van der Waals surface area contributed by atoms with Crippen LogP contribution in [0.25, 0.3) is 0 Å². The summed E-state index contributed by atoms with van der Waals surface area (Å²) in [5, 5.41) is 0. The number of hydrogen-bond acceptors (Lipinski definition) is 2. The van der Waals surface area contributed by atoms with E-state index in [-0.39, 0.29) is 5.79 Å². The topological polar surface area (TPSA) is 18.5 Å². The summed E-state index contributed by atoms with van der Waals surface area (Å²) in [6.07, 6.45) is 4.89. The van der Waals surface area contributed by atoms with E-state index in [1.807, 2.05) is 0 Å². The van der Waals surface area contributed by atoms with E-state index < -0.39 is 0 Å². The summed E-state index contributed by atoms with van der Waals surface area (Å²) < 4.78 is 11.6. The van der Waals surface area contributed by atoms with Gasteiger partial charge in [-0.15, -0.1) is 0 Å². The molecule has 1 spiro atoms. The molecule has 2 rings (SSSR count). The van der Waals surface area contributed by atoms with Gasteiger partial charge in [0.15, 0.2) is 5.79 Å². The Morgan fingerprint density at radius 3 is 2.38 bits per heavy atom. The lowest BCUT2D eigenvalue weighted by molar-refractivity contribution is -0.183. The molecule has 1 saturated heterocycles. The van der Waals surface area contributed by atoms with Gasteiger partial charge in [0, 0.05) is 12.3 Å². The Morgan fingerprint density at radius 1 is 1.15 bits per heavy atom. The first-order chi connectivity index (χ1) is 6.30. The van der Waals surface area contributed by atoms with E-state index in [0.717, 1.165) is 25.6 Å². The highest BCUT2D eigenvalue weighted by Gasteiger charge is 2.50. The largest absolute Gasteiger partial charge is 0.347 e. The summed E-state index contributed by atoms with van der Waals surface area (Å²) in [5.41, 5.74) is 0. The Labute approximate surface area is 80.6 Å². The molecular weight excluding hydrogens is 164 g/mol. The molecule has 0 amide bonds. The van der Waals surface area contributed by atoms with Gasteiger partial charge in [0.05, 0.1) is 13.2 Å². The standard InChI is InChI=1S/C11H20O2/c1-3-9-7-10(4-2)11(8-9)12-5-6-13-11/h9-10H,3-8H2,1-2H3. The van der Waals surface area contributed by atoms with Crippen molar-refractivity contribution >= 4 is 0 Å². The zero-order valence-electron chi connectivity index (χ0n) is 8.71. The molecule has 0 radical (unpaired) electrons. The fourth-order valence-corrected chi connectivity index (χ4v) is 2.85. The van der Waals surface area contributed by atoms with Gasteiger partial charge in [0.2, 0.25) is 0 Å². The maximum atomic E-state index is 5.81. The summed E-state index contributed by atoms with van der Waals surface area (Å²) in [5.74, 6) is 1.29. The van der Waals surface area contributed by atoms with E-state index in [1.54, 1.807) is 0 Å². The summed E-state index contributed by atoms with van der Waals surface area (Å²) >= 11 is 0. The van der Waals surface area contributed by atoms with Crippen LogP contribution in [-0.2, 0) is 9.47 Å². The van der Waals surface area contributed by atoms with Crippen molar-refractivity contribution in [1.82, 2.24) is 0 Å². The predicted octanol–water partition coefficient (Wildman–Crippen LogP) is 2.58. The third-order valence-corrected chi connectivity index (χ3v) is 3.66. The fraction of sp³-hybridized carbons (Fsp3) is 1.00. The van der Waals surface area contributed by atoms with Gasteiger partial charge in [-0.1, -0.05) is 20.3 Å². The molecule has 1 aliphatic carbocycles. The molecule has 2 aliphatic rings. The number of ether oxygens (including phenoxy) is 2. The summed E-state index contributed by atoms with van der Waals surface area (Å²) in [6, 6.07) is 0. The van der Waals surface area contributed by atoms with E-state index in [1.165, 1.54) is 19.3 Å². The molecule has 1 aliphatic heterocycles. The molecule has 0 aromatic carbocycles. The van der Waals surface area contributed by atoms with Crippen LogP contribution in [0.5, 0.6) is 0 Å². The second-order valence-corrected chi connectivity index (χ2v) is 4.33. The Hall–Kier alpha value is -0.0800. The monoisotopic (exact) mass is 184 g/mol. The maximum absolute atomic E-state index is 5.81. The smallest absolute Gasteiger partial charge is 0.171 e. The van der Waals surface area contributed by atoms with E-state index in [4.69, 9.17) is 9.47 Å². The molecule has 0 N–H and O–H groups in total. The molecule has 0 aromatic heterocycles. The van der Waals surface area contributed by atoms with Crippen LogP contribution in [-0.4, -0.2) is 19.0 Å².